The fraction of sp³-hybridized carbons (Fsp3) is 0.462. The lowest BCUT2D eigenvalue weighted by Gasteiger charge is -2.17. The Labute approximate surface area is 101 Å². The van der Waals surface area contributed by atoms with E-state index in [1.165, 1.54) is 12.1 Å². The first kappa shape index (κ1) is 13.6. The predicted molar refractivity (Wildman–Crippen MR) is 65.7 cm³/mol. The van der Waals surface area contributed by atoms with Crippen LogP contribution in [-0.2, 0) is 11.3 Å². The van der Waals surface area contributed by atoms with Crippen LogP contribution in [0.25, 0.3) is 0 Å². The highest BCUT2D eigenvalue weighted by atomic mass is 19.1. The van der Waals surface area contributed by atoms with Gasteiger partial charge in [0.05, 0.1) is 0 Å². The zero-order valence-corrected chi connectivity index (χ0v) is 10.3. The molecule has 0 fully saturated rings. The number of carbonyl (C=O) groups is 1. The summed E-state index contributed by atoms with van der Waals surface area (Å²) in [7, 11) is 0. The number of rotatable bonds is 5. The highest BCUT2D eigenvalue weighted by Gasteiger charge is 2.12. The molecule has 0 aliphatic heterocycles. The Morgan fingerprint density at radius 2 is 2.18 bits per heavy atom. The predicted octanol–water partition coefficient (Wildman–Crippen LogP) is 1.96. The third-order valence-corrected chi connectivity index (χ3v) is 2.38. The van der Waals surface area contributed by atoms with Crippen molar-refractivity contribution in [3.63, 3.8) is 0 Å². The number of hydrogen-bond acceptors (Lipinski definition) is 2. The largest absolute Gasteiger partial charge is 0.352 e. The summed E-state index contributed by atoms with van der Waals surface area (Å²) in [5, 5.41) is 2.74. The zero-order chi connectivity index (χ0) is 12.9. The third-order valence-electron chi connectivity index (χ3n) is 2.38. The van der Waals surface area contributed by atoms with E-state index in [0.717, 1.165) is 5.56 Å². The number of halogens is 1. The first-order valence-corrected chi connectivity index (χ1v) is 5.67. The van der Waals surface area contributed by atoms with Crippen molar-refractivity contribution in [3.8, 4) is 0 Å². The molecule has 1 amide bonds. The van der Waals surface area contributed by atoms with Crippen molar-refractivity contribution in [2.75, 3.05) is 0 Å². The molecule has 0 radical (unpaired) electrons. The van der Waals surface area contributed by atoms with Gasteiger partial charge in [-0.15, -0.1) is 0 Å². The van der Waals surface area contributed by atoms with E-state index in [1.54, 1.807) is 12.1 Å². The van der Waals surface area contributed by atoms with Gasteiger partial charge in [0.2, 0.25) is 5.91 Å². The van der Waals surface area contributed by atoms with Gasteiger partial charge in [-0.1, -0.05) is 12.1 Å². The Bertz CT molecular complexity index is 385. The fourth-order valence-electron chi connectivity index (χ4n) is 1.37. The number of nitrogens with one attached hydrogen (secondary N) is 1. The molecule has 0 atom stereocenters. The van der Waals surface area contributed by atoms with Crippen LogP contribution in [0, 0.1) is 5.82 Å². The molecule has 1 aromatic rings. The summed E-state index contributed by atoms with van der Waals surface area (Å²) in [6.45, 7) is 4.11. The summed E-state index contributed by atoms with van der Waals surface area (Å²) in [6, 6.07) is 6.19. The molecule has 0 saturated heterocycles. The zero-order valence-electron chi connectivity index (χ0n) is 10.3. The Hall–Kier alpha value is -1.42. The van der Waals surface area contributed by atoms with Crippen LogP contribution in [0.3, 0.4) is 0 Å². The lowest BCUT2D eigenvalue weighted by molar-refractivity contribution is -0.121. The van der Waals surface area contributed by atoms with Crippen molar-refractivity contribution in [2.24, 2.45) is 5.73 Å². The number of hydrogen-bond donors (Lipinski definition) is 2. The van der Waals surface area contributed by atoms with E-state index in [9.17, 15) is 9.18 Å². The lowest BCUT2D eigenvalue weighted by Crippen LogP contribution is -2.34. The molecule has 3 N–H and O–H groups in total. The topological polar surface area (TPSA) is 55.1 Å². The Balaban J connectivity index is 2.33. The fourth-order valence-corrected chi connectivity index (χ4v) is 1.37. The maximum atomic E-state index is 12.9. The van der Waals surface area contributed by atoms with Gasteiger partial charge >= 0.3 is 0 Å². The molecule has 17 heavy (non-hydrogen) atoms. The SMILES string of the molecule is CC(C)(N)CCC(=O)NCc1cccc(F)c1. The van der Waals surface area contributed by atoms with Gasteiger partial charge in [-0.25, -0.2) is 4.39 Å². The van der Waals surface area contributed by atoms with E-state index in [4.69, 9.17) is 5.73 Å². The smallest absolute Gasteiger partial charge is 0.220 e. The molecule has 0 unspecified atom stereocenters. The molecular formula is C13H19FN2O. The first-order valence-electron chi connectivity index (χ1n) is 5.67. The van der Waals surface area contributed by atoms with Gasteiger partial charge in [-0.2, -0.15) is 0 Å². The second kappa shape index (κ2) is 5.77. The normalized spacial score (nSPS) is 11.3. The van der Waals surface area contributed by atoms with Crippen molar-refractivity contribution in [3.05, 3.63) is 35.6 Å². The molecule has 0 bridgehead atoms. The van der Waals surface area contributed by atoms with Crippen molar-refractivity contribution in [1.29, 1.82) is 0 Å². The Kier molecular flexibility index (Phi) is 4.63. The maximum absolute atomic E-state index is 12.9. The van der Waals surface area contributed by atoms with Crippen molar-refractivity contribution in [2.45, 2.75) is 38.8 Å². The summed E-state index contributed by atoms with van der Waals surface area (Å²) in [5.41, 5.74) is 6.20. The molecule has 0 aromatic heterocycles. The highest BCUT2D eigenvalue weighted by molar-refractivity contribution is 5.75. The molecule has 0 aliphatic carbocycles. The third kappa shape index (κ3) is 6.02. The van der Waals surface area contributed by atoms with Gasteiger partial charge in [0.25, 0.3) is 0 Å². The van der Waals surface area contributed by atoms with Gasteiger partial charge in [0, 0.05) is 18.5 Å². The van der Waals surface area contributed by atoms with Crippen LogP contribution < -0.4 is 11.1 Å². The summed E-state index contributed by atoms with van der Waals surface area (Å²) < 4.78 is 12.9. The molecule has 94 valence electrons. The quantitative estimate of drug-likeness (QED) is 0.824. The molecule has 0 aliphatic rings. The highest BCUT2D eigenvalue weighted by Crippen LogP contribution is 2.07. The molecular weight excluding hydrogens is 219 g/mol. The minimum atomic E-state index is -0.337. The van der Waals surface area contributed by atoms with E-state index in [-0.39, 0.29) is 17.3 Å². The Morgan fingerprint density at radius 3 is 2.76 bits per heavy atom. The molecule has 3 nitrogen and oxygen atoms in total. The van der Waals surface area contributed by atoms with Crippen LogP contribution in [0.1, 0.15) is 32.3 Å². The maximum Gasteiger partial charge on any atom is 0.220 e. The van der Waals surface area contributed by atoms with Crippen LogP contribution in [0.4, 0.5) is 4.39 Å². The van der Waals surface area contributed by atoms with Crippen molar-refractivity contribution in [1.82, 2.24) is 5.32 Å². The van der Waals surface area contributed by atoms with Gasteiger partial charge < -0.3 is 11.1 Å². The first-order chi connectivity index (χ1) is 7.87. The van der Waals surface area contributed by atoms with E-state index in [2.05, 4.69) is 5.32 Å². The summed E-state index contributed by atoms with van der Waals surface area (Å²) in [6.07, 6.45) is 1.01. The minimum Gasteiger partial charge on any atom is -0.352 e. The van der Waals surface area contributed by atoms with Crippen molar-refractivity contribution < 1.29 is 9.18 Å². The van der Waals surface area contributed by atoms with Gasteiger partial charge in [-0.05, 0) is 38.0 Å². The number of benzene rings is 1. The van der Waals surface area contributed by atoms with Crippen molar-refractivity contribution >= 4 is 5.91 Å². The van der Waals surface area contributed by atoms with Crippen LogP contribution in [0.15, 0.2) is 24.3 Å². The molecule has 1 aromatic carbocycles. The number of nitrogens with two attached hydrogens (primary N) is 1. The van der Waals surface area contributed by atoms with Gasteiger partial charge in [0.15, 0.2) is 0 Å². The average Bonchev–Trinajstić information content (AvgIpc) is 2.23. The van der Waals surface area contributed by atoms with Crippen LogP contribution in [0.2, 0.25) is 0 Å². The van der Waals surface area contributed by atoms with Crippen LogP contribution >= 0.6 is 0 Å². The molecule has 4 heteroatoms. The van der Waals surface area contributed by atoms with E-state index in [1.807, 2.05) is 13.8 Å². The second-order valence-electron chi connectivity index (χ2n) is 4.90. The molecule has 0 saturated carbocycles. The minimum absolute atomic E-state index is 0.0622. The monoisotopic (exact) mass is 238 g/mol. The summed E-state index contributed by atoms with van der Waals surface area (Å²) in [5.74, 6) is -0.354. The van der Waals surface area contributed by atoms with E-state index >= 15 is 0 Å². The Morgan fingerprint density at radius 1 is 1.47 bits per heavy atom. The average molecular weight is 238 g/mol. The van der Waals surface area contributed by atoms with Crippen LogP contribution in [-0.4, -0.2) is 11.4 Å². The summed E-state index contributed by atoms with van der Waals surface area (Å²) >= 11 is 0. The van der Waals surface area contributed by atoms with Gasteiger partial charge in [-0.3, -0.25) is 4.79 Å². The molecule has 0 spiro atoms. The lowest BCUT2D eigenvalue weighted by atomic mass is 10.00. The second-order valence-corrected chi connectivity index (χ2v) is 4.90. The number of amides is 1. The number of carbonyl (C=O) groups excluding carboxylic acids is 1. The summed E-state index contributed by atoms with van der Waals surface area (Å²) in [4.78, 5) is 11.5. The van der Waals surface area contributed by atoms with E-state index < -0.39 is 0 Å². The van der Waals surface area contributed by atoms with Crippen LogP contribution in [0.5, 0.6) is 0 Å². The van der Waals surface area contributed by atoms with E-state index in [0.29, 0.717) is 19.4 Å². The van der Waals surface area contributed by atoms with Gasteiger partial charge in [0.1, 0.15) is 5.82 Å². The standard InChI is InChI=1S/C13H19FN2O/c1-13(2,15)7-6-12(17)16-9-10-4-3-5-11(14)8-10/h3-5,8H,6-7,9,15H2,1-2H3,(H,16,17). The molecule has 1 rings (SSSR count). The molecule has 0 heterocycles.